The third kappa shape index (κ3) is 5.26. The van der Waals surface area contributed by atoms with Crippen molar-refractivity contribution in [3.05, 3.63) is 35.9 Å². The maximum atomic E-state index is 11.0. The highest BCUT2D eigenvalue weighted by Gasteiger charge is 2.16. The van der Waals surface area contributed by atoms with Gasteiger partial charge in [0.15, 0.2) is 0 Å². The molecule has 1 atom stereocenters. The number of benzene rings is 1. The van der Waals surface area contributed by atoms with Gasteiger partial charge in [-0.25, -0.2) is 0 Å². The Hall–Kier alpha value is -1.68. The number of nitrogens with one attached hydrogen (secondary N) is 1. The molecule has 0 bridgehead atoms. The van der Waals surface area contributed by atoms with E-state index >= 15 is 0 Å². The van der Waals surface area contributed by atoms with Gasteiger partial charge in [-0.15, -0.1) is 0 Å². The number of carboxylic acids is 1. The summed E-state index contributed by atoms with van der Waals surface area (Å²) in [5.41, 5.74) is 1.10. The standard InChI is InChI=1S/C13H17NO3/c1-10(15)9-14-12(13(16)17)8-7-11-5-3-2-4-6-11/h2-6,12,14H,7-9H2,1H3,(H,16,17)/t12-/m0/s1. The van der Waals surface area contributed by atoms with Gasteiger partial charge in [-0.1, -0.05) is 30.3 Å². The lowest BCUT2D eigenvalue weighted by molar-refractivity contribution is -0.139. The number of aliphatic carboxylic acids is 1. The summed E-state index contributed by atoms with van der Waals surface area (Å²) in [5, 5.41) is 11.7. The molecule has 0 fully saturated rings. The number of rotatable bonds is 7. The third-order valence-electron chi connectivity index (χ3n) is 2.46. The fourth-order valence-corrected chi connectivity index (χ4v) is 1.54. The molecule has 2 N–H and O–H groups in total. The van der Waals surface area contributed by atoms with E-state index in [4.69, 9.17) is 5.11 Å². The molecule has 0 amide bonds. The number of carbonyl (C=O) groups is 2. The second-order valence-corrected chi connectivity index (χ2v) is 4.00. The Morgan fingerprint density at radius 2 is 1.94 bits per heavy atom. The monoisotopic (exact) mass is 235 g/mol. The molecule has 0 spiro atoms. The minimum Gasteiger partial charge on any atom is -0.480 e. The average molecular weight is 235 g/mol. The Morgan fingerprint density at radius 1 is 1.29 bits per heavy atom. The molecule has 1 aromatic carbocycles. The van der Waals surface area contributed by atoms with Gasteiger partial charge in [0, 0.05) is 0 Å². The number of hydrogen-bond acceptors (Lipinski definition) is 3. The van der Waals surface area contributed by atoms with Crippen LogP contribution in [0.2, 0.25) is 0 Å². The first kappa shape index (κ1) is 13.4. The Labute approximate surface area is 101 Å². The number of hydrogen-bond donors (Lipinski definition) is 2. The summed E-state index contributed by atoms with van der Waals surface area (Å²) in [7, 11) is 0. The minimum absolute atomic E-state index is 0.0593. The van der Waals surface area contributed by atoms with Gasteiger partial charge in [0.2, 0.25) is 0 Å². The topological polar surface area (TPSA) is 66.4 Å². The molecule has 0 radical (unpaired) electrons. The molecule has 4 heteroatoms. The first-order chi connectivity index (χ1) is 8.09. The van der Waals surface area contributed by atoms with E-state index in [0.717, 1.165) is 5.56 Å². The van der Waals surface area contributed by atoms with Crippen molar-refractivity contribution in [2.45, 2.75) is 25.8 Å². The second kappa shape index (κ2) is 6.81. The zero-order valence-corrected chi connectivity index (χ0v) is 9.85. The van der Waals surface area contributed by atoms with E-state index in [1.807, 2.05) is 30.3 Å². The maximum Gasteiger partial charge on any atom is 0.320 e. The van der Waals surface area contributed by atoms with Gasteiger partial charge >= 0.3 is 5.97 Å². The highest BCUT2D eigenvalue weighted by atomic mass is 16.4. The van der Waals surface area contributed by atoms with Crippen LogP contribution in [-0.2, 0) is 16.0 Å². The first-order valence-corrected chi connectivity index (χ1v) is 5.59. The van der Waals surface area contributed by atoms with Crippen molar-refractivity contribution < 1.29 is 14.7 Å². The van der Waals surface area contributed by atoms with Gasteiger partial charge in [0.05, 0.1) is 6.54 Å². The van der Waals surface area contributed by atoms with Crippen LogP contribution in [0.3, 0.4) is 0 Å². The van der Waals surface area contributed by atoms with Crippen LogP contribution in [0.5, 0.6) is 0 Å². The van der Waals surface area contributed by atoms with Crippen LogP contribution >= 0.6 is 0 Å². The van der Waals surface area contributed by atoms with Crippen molar-refractivity contribution in [2.75, 3.05) is 6.54 Å². The van der Waals surface area contributed by atoms with Gasteiger partial charge in [0.25, 0.3) is 0 Å². The molecule has 4 nitrogen and oxygen atoms in total. The molecule has 0 saturated carbocycles. The first-order valence-electron chi connectivity index (χ1n) is 5.59. The van der Waals surface area contributed by atoms with Crippen molar-refractivity contribution >= 4 is 11.8 Å². The van der Waals surface area contributed by atoms with E-state index in [-0.39, 0.29) is 12.3 Å². The van der Waals surface area contributed by atoms with Crippen molar-refractivity contribution in [3.63, 3.8) is 0 Å². The molecular formula is C13H17NO3. The molecular weight excluding hydrogens is 218 g/mol. The Morgan fingerprint density at radius 3 is 2.47 bits per heavy atom. The van der Waals surface area contributed by atoms with E-state index in [1.165, 1.54) is 6.92 Å². The zero-order valence-electron chi connectivity index (χ0n) is 9.85. The lowest BCUT2D eigenvalue weighted by atomic mass is 10.1. The normalized spacial score (nSPS) is 12.1. The van der Waals surface area contributed by atoms with E-state index in [1.54, 1.807) is 0 Å². The highest BCUT2D eigenvalue weighted by Crippen LogP contribution is 2.05. The Bertz CT molecular complexity index is 376. The van der Waals surface area contributed by atoms with Crippen molar-refractivity contribution in [1.29, 1.82) is 0 Å². The fourth-order valence-electron chi connectivity index (χ4n) is 1.54. The molecule has 0 aromatic heterocycles. The molecule has 0 heterocycles. The van der Waals surface area contributed by atoms with Crippen LogP contribution in [0.1, 0.15) is 18.9 Å². The minimum atomic E-state index is -0.915. The number of carboxylic acid groups (broad SMARTS) is 1. The van der Waals surface area contributed by atoms with Gasteiger partial charge in [-0.2, -0.15) is 0 Å². The zero-order chi connectivity index (χ0) is 12.7. The van der Waals surface area contributed by atoms with Gasteiger partial charge in [-0.3, -0.25) is 14.9 Å². The molecule has 0 unspecified atom stereocenters. The van der Waals surface area contributed by atoms with Crippen LogP contribution in [-0.4, -0.2) is 29.4 Å². The lowest BCUT2D eigenvalue weighted by Gasteiger charge is -2.13. The van der Waals surface area contributed by atoms with Gasteiger partial charge in [-0.05, 0) is 25.3 Å². The Balaban J connectivity index is 2.45. The summed E-state index contributed by atoms with van der Waals surface area (Å²) in [6.07, 6.45) is 1.16. The number of carbonyl (C=O) groups excluding carboxylic acids is 1. The summed E-state index contributed by atoms with van der Waals surface area (Å²) in [6, 6.07) is 9.03. The van der Waals surface area contributed by atoms with Gasteiger partial charge < -0.3 is 5.11 Å². The van der Waals surface area contributed by atoms with Gasteiger partial charge in [0.1, 0.15) is 11.8 Å². The summed E-state index contributed by atoms with van der Waals surface area (Å²) < 4.78 is 0. The predicted molar refractivity (Wildman–Crippen MR) is 64.9 cm³/mol. The quantitative estimate of drug-likeness (QED) is 0.746. The SMILES string of the molecule is CC(=O)CN[C@@H](CCc1ccccc1)C(=O)O. The third-order valence-corrected chi connectivity index (χ3v) is 2.46. The largest absolute Gasteiger partial charge is 0.480 e. The van der Waals surface area contributed by atoms with Crippen molar-refractivity contribution in [3.8, 4) is 0 Å². The molecule has 0 aliphatic heterocycles. The smallest absolute Gasteiger partial charge is 0.320 e. The summed E-state index contributed by atoms with van der Waals surface area (Å²) >= 11 is 0. The van der Waals surface area contributed by atoms with Crippen LogP contribution in [0, 0.1) is 0 Å². The summed E-state index contributed by atoms with van der Waals surface area (Å²) in [5.74, 6) is -0.974. The molecule has 1 rings (SSSR count). The predicted octanol–water partition coefficient (Wildman–Crippen LogP) is 1.25. The molecule has 0 aliphatic carbocycles. The highest BCUT2D eigenvalue weighted by molar-refractivity contribution is 5.79. The van der Waals surface area contributed by atoms with Crippen molar-refractivity contribution in [1.82, 2.24) is 5.32 Å². The molecule has 17 heavy (non-hydrogen) atoms. The summed E-state index contributed by atoms with van der Waals surface area (Å²) in [6.45, 7) is 1.54. The molecule has 0 aliphatic rings. The lowest BCUT2D eigenvalue weighted by Crippen LogP contribution is -2.39. The van der Waals surface area contributed by atoms with Crippen molar-refractivity contribution in [2.24, 2.45) is 0 Å². The average Bonchev–Trinajstić information content (AvgIpc) is 2.29. The number of aryl methyl sites for hydroxylation is 1. The fraction of sp³-hybridized carbons (Fsp3) is 0.385. The van der Waals surface area contributed by atoms with Crippen LogP contribution in [0.25, 0.3) is 0 Å². The second-order valence-electron chi connectivity index (χ2n) is 4.00. The van der Waals surface area contributed by atoms with E-state index in [0.29, 0.717) is 12.8 Å². The maximum absolute atomic E-state index is 11.0. The Kier molecular flexibility index (Phi) is 5.36. The molecule has 92 valence electrons. The molecule has 0 saturated heterocycles. The molecule has 1 aromatic rings. The number of Topliss-reactive ketones (excluding diaryl/α,β-unsaturated/α-hetero) is 1. The number of ketones is 1. The van der Waals surface area contributed by atoms with Crippen LogP contribution in [0.15, 0.2) is 30.3 Å². The van der Waals surface area contributed by atoms with E-state index in [2.05, 4.69) is 5.32 Å². The van der Waals surface area contributed by atoms with Crippen LogP contribution in [0.4, 0.5) is 0 Å². The summed E-state index contributed by atoms with van der Waals surface area (Å²) in [4.78, 5) is 21.7. The van der Waals surface area contributed by atoms with E-state index < -0.39 is 12.0 Å². The van der Waals surface area contributed by atoms with Crippen LogP contribution < -0.4 is 5.32 Å². The van der Waals surface area contributed by atoms with E-state index in [9.17, 15) is 9.59 Å².